The van der Waals surface area contributed by atoms with E-state index in [1.807, 2.05) is 6.07 Å². The highest BCUT2D eigenvalue weighted by Crippen LogP contribution is 2.33. The number of ether oxygens (including phenoxy) is 2. The normalized spacial score (nSPS) is 11.9. The molecule has 0 aliphatic rings. The van der Waals surface area contributed by atoms with Gasteiger partial charge in [0.15, 0.2) is 0 Å². The third-order valence-corrected chi connectivity index (χ3v) is 3.28. The summed E-state index contributed by atoms with van der Waals surface area (Å²) in [6, 6.07) is 3.59. The molecule has 0 saturated carbocycles. The van der Waals surface area contributed by atoms with Gasteiger partial charge < -0.3 is 14.6 Å². The molecule has 0 bridgehead atoms. The number of hydrogen-bond donors (Lipinski definition) is 1. The van der Waals surface area contributed by atoms with E-state index in [9.17, 15) is 4.79 Å². The number of carboxylic acids is 1. The van der Waals surface area contributed by atoms with Crippen molar-refractivity contribution < 1.29 is 19.4 Å². The average molecular weight is 281 g/mol. The molecule has 0 spiro atoms. The quantitative estimate of drug-likeness (QED) is 0.704. The van der Waals surface area contributed by atoms with E-state index in [-0.39, 0.29) is 12.3 Å². The molecule has 0 aromatic carbocycles. The minimum Gasteiger partial charge on any atom is -0.481 e. The van der Waals surface area contributed by atoms with Crippen LogP contribution < -0.4 is 9.47 Å². The molecule has 1 unspecified atom stereocenters. The van der Waals surface area contributed by atoms with E-state index in [1.54, 1.807) is 6.07 Å². The Labute approximate surface area is 119 Å². The number of methoxy groups -OCH3 is 2. The van der Waals surface area contributed by atoms with Crippen LogP contribution in [0.5, 0.6) is 11.8 Å². The summed E-state index contributed by atoms with van der Waals surface area (Å²) in [5.74, 6) is 0.0390. The zero-order valence-electron chi connectivity index (χ0n) is 12.4. The number of pyridine rings is 1. The summed E-state index contributed by atoms with van der Waals surface area (Å²) in [5, 5.41) is 9.08. The molecule has 0 radical (unpaired) electrons. The smallest absolute Gasteiger partial charge is 0.303 e. The first-order chi connectivity index (χ1) is 9.62. The predicted octanol–water partition coefficient (Wildman–Crippen LogP) is 3.24. The average Bonchev–Trinajstić information content (AvgIpc) is 2.45. The van der Waals surface area contributed by atoms with Crippen LogP contribution in [0.25, 0.3) is 0 Å². The summed E-state index contributed by atoms with van der Waals surface area (Å²) in [5.41, 5.74) is 0.840. The van der Waals surface area contributed by atoms with Gasteiger partial charge >= 0.3 is 5.97 Å². The number of hydrogen-bond acceptors (Lipinski definition) is 4. The standard InChI is InChI=1S/C15H23NO4/c1-4-5-6-7-11(10-14(17)18)12-8-9-13(19-2)16-15(12)20-3/h8-9,11H,4-7,10H2,1-3H3,(H,17,18). The Morgan fingerprint density at radius 1 is 1.30 bits per heavy atom. The maximum absolute atomic E-state index is 11.1. The topological polar surface area (TPSA) is 68.7 Å². The van der Waals surface area contributed by atoms with E-state index in [0.717, 1.165) is 31.2 Å². The van der Waals surface area contributed by atoms with Crippen molar-refractivity contribution in [3.8, 4) is 11.8 Å². The third kappa shape index (κ3) is 4.72. The van der Waals surface area contributed by atoms with Gasteiger partial charge in [0, 0.05) is 11.6 Å². The second kappa shape index (κ2) is 8.40. The van der Waals surface area contributed by atoms with Crippen molar-refractivity contribution >= 4 is 5.97 Å². The molecule has 1 heterocycles. The Kier molecular flexibility index (Phi) is 6.84. The maximum atomic E-state index is 11.1. The summed E-state index contributed by atoms with van der Waals surface area (Å²) in [6.07, 6.45) is 4.13. The number of nitrogens with zero attached hydrogens (tertiary/aromatic N) is 1. The summed E-state index contributed by atoms with van der Waals surface area (Å²) < 4.78 is 10.3. The highest BCUT2D eigenvalue weighted by molar-refractivity contribution is 5.68. The summed E-state index contributed by atoms with van der Waals surface area (Å²) in [4.78, 5) is 15.3. The van der Waals surface area contributed by atoms with Crippen molar-refractivity contribution in [3.05, 3.63) is 17.7 Å². The molecule has 20 heavy (non-hydrogen) atoms. The number of rotatable bonds is 9. The molecule has 0 amide bonds. The molecule has 5 heteroatoms. The van der Waals surface area contributed by atoms with E-state index in [1.165, 1.54) is 14.2 Å². The minimum atomic E-state index is -0.802. The monoisotopic (exact) mass is 281 g/mol. The molecule has 0 fully saturated rings. The zero-order valence-corrected chi connectivity index (χ0v) is 12.4. The molecule has 1 aromatic rings. The lowest BCUT2D eigenvalue weighted by molar-refractivity contribution is -0.137. The van der Waals surface area contributed by atoms with Crippen molar-refractivity contribution in [1.29, 1.82) is 0 Å². The Bertz CT molecular complexity index is 434. The largest absolute Gasteiger partial charge is 0.481 e. The van der Waals surface area contributed by atoms with E-state index in [4.69, 9.17) is 14.6 Å². The van der Waals surface area contributed by atoms with E-state index < -0.39 is 5.97 Å². The summed E-state index contributed by atoms with van der Waals surface area (Å²) in [6.45, 7) is 2.13. The zero-order chi connectivity index (χ0) is 15.0. The van der Waals surface area contributed by atoms with Crippen LogP contribution >= 0.6 is 0 Å². The van der Waals surface area contributed by atoms with Crippen molar-refractivity contribution in [1.82, 2.24) is 4.98 Å². The molecule has 5 nitrogen and oxygen atoms in total. The Balaban J connectivity index is 2.95. The highest BCUT2D eigenvalue weighted by Gasteiger charge is 2.20. The van der Waals surface area contributed by atoms with Gasteiger partial charge in [-0.2, -0.15) is 4.98 Å². The van der Waals surface area contributed by atoms with Crippen LogP contribution in [0.3, 0.4) is 0 Å². The van der Waals surface area contributed by atoms with Crippen molar-refractivity contribution in [3.63, 3.8) is 0 Å². The lowest BCUT2D eigenvalue weighted by Gasteiger charge is -2.18. The second-order valence-electron chi connectivity index (χ2n) is 4.74. The lowest BCUT2D eigenvalue weighted by atomic mass is 9.91. The van der Waals surface area contributed by atoms with Gasteiger partial charge in [-0.15, -0.1) is 0 Å². The fourth-order valence-corrected chi connectivity index (χ4v) is 2.24. The summed E-state index contributed by atoms with van der Waals surface area (Å²) in [7, 11) is 3.08. The first kappa shape index (κ1) is 16.3. The van der Waals surface area contributed by atoms with Gasteiger partial charge in [-0.3, -0.25) is 4.79 Å². The van der Waals surface area contributed by atoms with Gasteiger partial charge in [0.25, 0.3) is 0 Å². The van der Waals surface area contributed by atoms with E-state index in [0.29, 0.717) is 11.8 Å². The van der Waals surface area contributed by atoms with Crippen LogP contribution in [0.2, 0.25) is 0 Å². The van der Waals surface area contributed by atoms with Gasteiger partial charge in [0.1, 0.15) is 0 Å². The van der Waals surface area contributed by atoms with Crippen LogP contribution in [0.1, 0.15) is 50.5 Å². The number of carboxylic acid groups (broad SMARTS) is 1. The Hall–Kier alpha value is -1.78. The molecule has 0 aliphatic heterocycles. The lowest BCUT2D eigenvalue weighted by Crippen LogP contribution is -2.09. The van der Waals surface area contributed by atoms with Crippen LogP contribution in [0.15, 0.2) is 12.1 Å². The number of carbonyl (C=O) groups is 1. The number of unbranched alkanes of at least 4 members (excludes halogenated alkanes) is 2. The fourth-order valence-electron chi connectivity index (χ4n) is 2.24. The molecule has 1 rings (SSSR count). The van der Waals surface area contributed by atoms with E-state index >= 15 is 0 Å². The van der Waals surface area contributed by atoms with Gasteiger partial charge in [0.05, 0.1) is 20.6 Å². The van der Waals surface area contributed by atoms with Gasteiger partial charge in [-0.05, 0) is 18.4 Å². The van der Waals surface area contributed by atoms with Crippen LogP contribution in [0, 0.1) is 0 Å². The van der Waals surface area contributed by atoms with E-state index in [2.05, 4.69) is 11.9 Å². The minimum absolute atomic E-state index is 0.0765. The fraction of sp³-hybridized carbons (Fsp3) is 0.600. The third-order valence-electron chi connectivity index (χ3n) is 3.28. The maximum Gasteiger partial charge on any atom is 0.303 e. The number of aromatic nitrogens is 1. The Morgan fingerprint density at radius 3 is 2.60 bits per heavy atom. The molecular formula is C15H23NO4. The SMILES string of the molecule is CCCCCC(CC(=O)O)c1ccc(OC)nc1OC. The van der Waals surface area contributed by atoms with Crippen LogP contribution in [0.4, 0.5) is 0 Å². The van der Waals surface area contributed by atoms with Crippen molar-refractivity contribution in [2.45, 2.75) is 44.9 Å². The second-order valence-corrected chi connectivity index (χ2v) is 4.74. The first-order valence-electron chi connectivity index (χ1n) is 6.93. The Morgan fingerprint density at radius 2 is 2.05 bits per heavy atom. The molecule has 1 atom stereocenters. The molecule has 112 valence electrons. The van der Waals surface area contributed by atoms with Crippen LogP contribution in [-0.4, -0.2) is 30.3 Å². The number of aliphatic carboxylic acids is 1. The van der Waals surface area contributed by atoms with Gasteiger partial charge in [-0.1, -0.05) is 26.2 Å². The summed E-state index contributed by atoms with van der Waals surface area (Å²) >= 11 is 0. The predicted molar refractivity (Wildman–Crippen MR) is 76.5 cm³/mol. The van der Waals surface area contributed by atoms with Gasteiger partial charge in [-0.25, -0.2) is 0 Å². The van der Waals surface area contributed by atoms with Crippen LogP contribution in [-0.2, 0) is 4.79 Å². The molecule has 1 N–H and O–H groups in total. The first-order valence-corrected chi connectivity index (χ1v) is 6.93. The molecule has 0 aliphatic carbocycles. The molecular weight excluding hydrogens is 258 g/mol. The van der Waals surface area contributed by atoms with Crippen molar-refractivity contribution in [2.24, 2.45) is 0 Å². The molecule has 1 aromatic heterocycles. The highest BCUT2D eigenvalue weighted by atomic mass is 16.5. The van der Waals surface area contributed by atoms with Gasteiger partial charge in [0.2, 0.25) is 11.8 Å². The molecule has 0 saturated heterocycles. The van der Waals surface area contributed by atoms with Crippen molar-refractivity contribution in [2.75, 3.05) is 14.2 Å².